The number of hydrogen-bond donors (Lipinski definition) is 1. The van der Waals surface area contributed by atoms with E-state index in [-0.39, 0.29) is 6.04 Å². The molecule has 0 spiro atoms. The van der Waals surface area contributed by atoms with Gasteiger partial charge in [0.2, 0.25) is 0 Å². The molecule has 0 aliphatic carbocycles. The molecule has 0 radical (unpaired) electrons. The summed E-state index contributed by atoms with van der Waals surface area (Å²) >= 11 is 3.55. The number of thiophene rings is 2. The van der Waals surface area contributed by atoms with Crippen LogP contribution >= 0.6 is 22.7 Å². The molecular weight excluding hydrogens is 288 g/mol. The van der Waals surface area contributed by atoms with Crippen LogP contribution in [0.25, 0.3) is 9.40 Å². The maximum Gasteiger partial charge on any atom is 0.138 e. The highest BCUT2D eigenvalue weighted by atomic mass is 32.1. The van der Waals surface area contributed by atoms with Gasteiger partial charge in [-0.15, -0.1) is 22.7 Å². The van der Waals surface area contributed by atoms with E-state index in [9.17, 15) is 0 Å². The molecule has 2 N–H and O–H groups in total. The van der Waals surface area contributed by atoms with E-state index in [0.29, 0.717) is 5.92 Å². The molecule has 1 unspecified atom stereocenters. The molecule has 3 aromatic heterocycles. The molecule has 0 bridgehead atoms. The quantitative estimate of drug-likeness (QED) is 0.785. The highest BCUT2D eigenvalue weighted by molar-refractivity contribution is 7.26. The number of rotatable bonds is 5. The monoisotopic (exact) mass is 306 g/mol. The third kappa shape index (κ3) is 2.77. The molecule has 3 rings (SSSR count). The van der Waals surface area contributed by atoms with E-state index >= 15 is 0 Å². The highest BCUT2D eigenvalue weighted by Crippen LogP contribution is 2.33. The van der Waals surface area contributed by atoms with E-state index in [1.165, 1.54) is 14.3 Å². The standard InChI is InChI=1S/C14H18N4S2/c1-9(2)7-18-14(16-8-17-18)5-10(15)12-6-13-11(20-12)3-4-19-13/h3-4,6,8-10H,5,7,15H2,1-2H3. The van der Waals surface area contributed by atoms with Gasteiger partial charge in [-0.2, -0.15) is 5.10 Å². The van der Waals surface area contributed by atoms with Crippen molar-refractivity contribution in [2.75, 3.05) is 0 Å². The van der Waals surface area contributed by atoms with Gasteiger partial charge in [0.15, 0.2) is 0 Å². The van der Waals surface area contributed by atoms with Crippen molar-refractivity contribution in [3.63, 3.8) is 0 Å². The van der Waals surface area contributed by atoms with Gasteiger partial charge in [0, 0.05) is 33.3 Å². The van der Waals surface area contributed by atoms with Crippen LogP contribution in [0.2, 0.25) is 0 Å². The first-order chi connectivity index (χ1) is 9.63. The van der Waals surface area contributed by atoms with Crippen LogP contribution < -0.4 is 5.73 Å². The Labute approximate surface area is 126 Å². The topological polar surface area (TPSA) is 56.7 Å². The van der Waals surface area contributed by atoms with Crippen LogP contribution in [0.4, 0.5) is 0 Å². The number of aromatic nitrogens is 3. The third-order valence-corrected chi connectivity index (χ3v) is 5.39. The summed E-state index contributed by atoms with van der Waals surface area (Å²) in [5, 5.41) is 6.41. The van der Waals surface area contributed by atoms with Crippen LogP contribution in [0, 0.1) is 5.92 Å². The Balaban J connectivity index is 1.77. The zero-order valence-electron chi connectivity index (χ0n) is 11.6. The number of nitrogens with zero attached hydrogens (tertiary/aromatic N) is 3. The average molecular weight is 306 g/mol. The smallest absolute Gasteiger partial charge is 0.138 e. The molecule has 0 aliphatic rings. The first kappa shape index (κ1) is 13.7. The minimum atomic E-state index is -0.00490. The summed E-state index contributed by atoms with van der Waals surface area (Å²) in [6, 6.07) is 4.36. The molecule has 0 fully saturated rings. The van der Waals surface area contributed by atoms with Crippen molar-refractivity contribution in [1.29, 1.82) is 0 Å². The normalized spacial score (nSPS) is 13.4. The summed E-state index contributed by atoms with van der Waals surface area (Å²) in [6.07, 6.45) is 2.36. The maximum absolute atomic E-state index is 6.34. The van der Waals surface area contributed by atoms with E-state index in [1.807, 2.05) is 4.68 Å². The van der Waals surface area contributed by atoms with Gasteiger partial charge in [-0.05, 0) is 23.4 Å². The fourth-order valence-corrected chi connectivity index (χ4v) is 4.33. The van der Waals surface area contributed by atoms with Crippen LogP contribution in [-0.2, 0) is 13.0 Å². The number of hydrogen-bond acceptors (Lipinski definition) is 5. The predicted octanol–water partition coefficient (Wildman–Crippen LogP) is 3.45. The maximum atomic E-state index is 6.34. The van der Waals surface area contributed by atoms with Gasteiger partial charge in [-0.3, -0.25) is 0 Å². The van der Waals surface area contributed by atoms with Crippen molar-refractivity contribution < 1.29 is 0 Å². The second kappa shape index (κ2) is 5.63. The van der Waals surface area contributed by atoms with E-state index in [1.54, 1.807) is 29.0 Å². The van der Waals surface area contributed by atoms with Gasteiger partial charge >= 0.3 is 0 Å². The Kier molecular flexibility index (Phi) is 3.87. The van der Waals surface area contributed by atoms with Crippen LogP contribution in [0.5, 0.6) is 0 Å². The SMILES string of the molecule is CC(C)Cn1ncnc1CC(N)c1cc2sccc2s1. The molecule has 0 aliphatic heterocycles. The lowest BCUT2D eigenvalue weighted by Crippen LogP contribution is -2.17. The van der Waals surface area contributed by atoms with Crippen molar-refractivity contribution in [3.05, 3.63) is 34.5 Å². The largest absolute Gasteiger partial charge is 0.323 e. The molecule has 0 aromatic carbocycles. The van der Waals surface area contributed by atoms with Crippen LogP contribution in [0.15, 0.2) is 23.8 Å². The van der Waals surface area contributed by atoms with Gasteiger partial charge in [-0.25, -0.2) is 9.67 Å². The van der Waals surface area contributed by atoms with Gasteiger partial charge in [-0.1, -0.05) is 13.8 Å². The van der Waals surface area contributed by atoms with Crippen molar-refractivity contribution in [3.8, 4) is 0 Å². The Bertz CT molecular complexity index is 666. The average Bonchev–Trinajstić information content (AvgIpc) is 3.03. The molecule has 4 nitrogen and oxygen atoms in total. The summed E-state index contributed by atoms with van der Waals surface area (Å²) in [5.74, 6) is 1.53. The van der Waals surface area contributed by atoms with Gasteiger partial charge in [0.05, 0.1) is 0 Å². The Morgan fingerprint density at radius 3 is 2.95 bits per heavy atom. The Hall–Kier alpha value is -1.24. The first-order valence-corrected chi connectivity index (χ1v) is 8.42. The van der Waals surface area contributed by atoms with Crippen LogP contribution in [-0.4, -0.2) is 14.8 Å². The Morgan fingerprint density at radius 2 is 2.20 bits per heavy atom. The molecular formula is C14H18N4S2. The zero-order valence-corrected chi connectivity index (χ0v) is 13.2. The van der Waals surface area contributed by atoms with E-state index in [2.05, 4.69) is 41.4 Å². The number of nitrogens with two attached hydrogens (primary N) is 1. The summed E-state index contributed by atoms with van der Waals surface area (Å²) in [4.78, 5) is 5.58. The van der Waals surface area contributed by atoms with Crippen molar-refractivity contribution in [1.82, 2.24) is 14.8 Å². The molecule has 3 heterocycles. The minimum Gasteiger partial charge on any atom is -0.323 e. The molecule has 20 heavy (non-hydrogen) atoms. The zero-order chi connectivity index (χ0) is 14.1. The fourth-order valence-electron chi connectivity index (χ4n) is 2.21. The fraction of sp³-hybridized carbons (Fsp3) is 0.429. The third-order valence-electron chi connectivity index (χ3n) is 3.16. The summed E-state index contributed by atoms with van der Waals surface area (Å²) in [6.45, 7) is 5.25. The van der Waals surface area contributed by atoms with Gasteiger partial charge in [0.25, 0.3) is 0 Å². The highest BCUT2D eigenvalue weighted by Gasteiger charge is 2.15. The molecule has 0 saturated carbocycles. The number of fused-ring (bicyclic) bond motifs is 1. The summed E-state index contributed by atoms with van der Waals surface area (Å²) in [7, 11) is 0. The lowest BCUT2D eigenvalue weighted by molar-refractivity contribution is 0.460. The van der Waals surface area contributed by atoms with Crippen LogP contribution in [0.1, 0.15) is 30.6 Å². The molecule has 0 amide bonds. The lowest BCUT2D eigenvalue weighted by atomic mass is 10.1. The molecule has 106 valence electrons. The van der Waals surface area contributed by atoms with Gasteiger partial charge in [0.1, 0.15) is 12.2 Å². The van der Waals surface area contributed by atoms with Crippen molar-refractivity contribution in [2.45, 2.75) is 32.9 Å². The molecule has 1 atom stereocenters. The van der Waals surface area contributed by atoms with Crippen molar-refractivity contribution >= 4 is 32.1 Å². The predicted molar refractivity (Wildman–Crippen MR) is 85.2 cm³/mol. The summed E-state index contributed by atoms with van der Waals surface area (Å²) in [5.41, 5.74) is 6.34. The second-order valence-electron chi connectivity index (χ2n) is 5.36. The van der Waals surface area contributed by atoms with Crippen LogP contribution in [0.3, 0.4) is 0 Å². The van der Waals surface area contributed by atoms with E-state index < -0.39 is 0 Å². The van der Waals surface area contributed by atoms with E-state index in [4.69, 9.17) is 5.73 Å². The Morgan fingerprint density at radius 1 is 1.35 bits per heavy atom. The van der Waals surface area contributed by atoms with Gasteiger partial charge < -0.3 is 5.73 Å². The first-order valence-electron chi connectivity index (χ1n) is 6.72. The molecule has 6 heteroatoms. The summed E-state index contributed by atoms with van der Waals surface area (Å²) < 4.78 is 4.62. The minimum absolute atomic E-state index is 0.00490. The molecule has 3 aromatic rings. The van der Waals surface area contributed by atoms with Crippen molar-refractivity contribution in [2.24, 2.45) is 11.7 Å². The van der Waals surface area contributed by atoms with E-state index in [0.717, 1.165) is 18.8 Å². The lowest BCUT2D eigenvalue weighted by Gasteiger charge is -2.12. The second-order valence-corrected chi connectivity index (χ2v) is 7.42. The molecule has 0 saturated heterocycles.